The zero-order valence-electron chi connectivity index (χ0n) is 15.1. The van der Waals surface area contributed by atoms with E-state index in [2.05, 4.69) is 20.6 Å². The van der Waals surface area contributed by atoms with Crippen LogP contribution in [0.15, 0.2) is 48.5 Å². The Morgan fingerprint density at radius 3 is 1.40 bits per heavy atom. The molecule has 0 aliphatic carbocycles. The molecule has 0 spiro atoms. The molecule has 0 radical (unpaired) electrons. The fourth-order valence-electron chi connectivity index (χ4n) is 3.03. The smallest absolute Gasteiger partial charge is 0.352 e. The molecule has 2 heterocycles. The molecule has 2 aromatic carbocycles. The molecule has 4 rings (SSSR count). The van der Waals surface area contributed by atoms with Crippen molar-refractivity contribution in [1.82, 2.24) is 9.97 Å². The van der Waals surface area contributed by atoms with Crippen molar-refractivity contribution in [1.29, 1.82) is 0 Å². The van der Waals surface area contributed by atoms with Gasteiger partial charge in [-0.3, -0.25) is 9.59 Å². The predicted octanol–water partition coefficient (Wildman–Crippen LogP) is 2.62. The molecule has 0 aliphatic rings. The zero-order valence-corrected chi connectivity index (χ0v) is 15.1. The quantitative estimate of drug-likeness (QED) is 0.285. The van der Waals surface area contributed by atoms with Crippen LogP contribution in [-0.2, 0) is 9.59 Å². The molecule has 4 aromatic rings. The van der Waals surface area contributed by atoms with Gasteiger partial charge >= 0.3 is 23.8 Å². The maximum absolute atomic E-state index is 12.2. The molecule has 0 saturated heterocycles. The first-order chi connectivity index (χ1) is 14.3. The SMILES string of the molecule is O=C(Nc1ccc2[nH]c(C(=O)O)cc2c1)C(=O)Nc1ccc2[nH]c(C(=O)O)cc2c1. The van der Waals surface area contributed by atoms with E-state index in [0.29, 0.717) is 33.2 Å². The van der Waals surface area contributed by atoms with Gasteiger partial charge in [0.25, 0.3) is 0 Å². The third-order valence-electron chi connectivity index (χ3n) is 4.42. The van der Waals surface area contributed by atoms with Crippen LogP contribution in [-0.4, -0.2) is 43.9 Å². The lowest BCUT2D eigenvalue weighted by Gasteiger charge is -2.07. The highest BCUT2D eigenvalue weighted by atomic mass is 16.4. The molecular weight excluding hydrogens is 392 g/mol. The molecule has 0 saturated carbocycles. The average Bonchev–Trinajstić information content (AvgIpc) is 3.31. The second-order valence-electron chi connectivity index (χ2n) is 6.49. The summed E-state index contributed by atoms with van der Waals surface area (Å²) in [6.07, 6.45) is 0. The number of carboxylic acids is 2. The minimum absolute atomic E-state index is 0.0115. The summed E-state index contributed by atoms with van der Waals surface area (Å²) >= 11 is 0. The van der Waals surface area contributed by atoms with E-state index in [9.17, 15) is 19.2 Å². The summed E-state index contributed by atoms with van der Waals surface area (Å²) in [4.78, 5) is 51.9. The number of carbonyl (C=O) groups is 4. The first-order valence-electron chi connectivity index (χ1n) is 8.64. The summed E-state index contributed by atoms with van der Waals surface area (Å²) in [5.74, 6) is -4.04. The number of aromatic carboxylic acids is 2. The Labute approximate surface area is 167 Å². The maximum atomic E-state index is 12.2. The van der Waals surface area contributed by atoms with E-state index in [4.69, 9.17) is 10.2 Å². The van der Waals surface area contributed by atoms with Crippen molar-refractivity contribution < 1.29 is 29.4 Å². The number of hydrogen-bond donors (Lipinski definition) is 6. The van der Waals surface area contributed by atoms with Crippen LogP contribution < -0.4 is 10.6 Å². The van der Waals surface area contributed by atoms with Crippen LogP contribution in [0.25, 0.3) is 21.8 Å². The third-order valence-corrected chi connectivity index (χ3v) is 4.42. The summed E-state index contributed by atoms with van der Waals surface area (Å²) in [6.45, 7) is 0. The van der Waals surface area contributed by atoms with E-state index in [-0.39, 0.29) is 11.4 Å². The van der Waals surface area contributed by atoms with Crippen molar-refractivity contribution in [3.05, 3.63) is 59.9 Å². The van der Waals surface area contributed by atoms with E-state index in [1.54, 1.807) is 24.3 Å². The predicted molar refractivity (Wildman–Crippen MR) is 108 cm³/mol. The molecule has 0 aliphatic heterocycles. The van der Waals surface area contributed by atoms with E-state index in [1.807, 2.05) is 0 Å². The van der Waals surface area contributed by atoms with Crippen LogP contribution in [0.1, 0.15) is 21.0 Å². The lowest BCUT2D eigenvalue weighted by molar-refractivity contribution is -0.132. The normalized spacial score (nSPS) is 10.8. The molecule has 0 unspecified atom stereocenters. The highest BCUT2D eigenvalue weighted by Crippen LogP contribution is 2.22. The highest BCUT2D eigenvalue weighted by Gasteiger charge is 2.16. The van der Waals surface area contributed by atoms with E-state index in [1.165, 1.54) is 24.3 Å². The number of fused-ring (bicyclic) bond motifs is 2. The van der Waals surface area contributed by atoms with Crippen LogP contribution in [0.2, 0.25) is 0 Å². The first kappa shape index (κ1) is 18.7. The molecule has 150 valence electrons. The average molecular weight is 406 g/mol. The Kier molecular flexibility index (Phi) is 4.43. The van der Waals surface area contributed by atoms with Gasteiger partial charge in [-0.25, -0.2) is 9.59 Å². The van der Waals surface area contributed by atoms with E-state index >= 15 is 0 Å². The van der Waals surface area contributed by atoms with Crippen molar-refractivity contribution in [3.63, 3.8) is 0 Å². The summed E-state index contributed by atoms with van der Waals surface area (Å²) in [5.41, 5.74) is 1.83. The van der Waals surface area contributed by atoms with Crippen LogP contribution in [0.5, 0.6) is 0 Å². The van der Waals surface area contributed by atoms with Gasteiger partial charge in [-0.1, -0.05) is 0 Å². The summed E-state index contributed by atoms with van der Waals surface area (Å²) in [6, 6.07) is 12.2. The summed E-state index contributed by atoms with van der Waals surface area (Å²) in [7, 11) is 0. The molecule has 30 heavy (non-hydrogen) atoms. The van der Waals surface area contributed by atoms with Crippen LogP contribution in [0.4, 0.5) is 11.4 Å². The number of aromatic nitrogens is 2. The fourth-order valence-corrected chi connectivity index (χ4v) is 3.03. The topological polar surface area (TPSA) is 164 Å². The molecule has 6 N–H and O–H groups in total. The summed E-state index contributed by atoms with van der Waals surface area (Å²) < 4.78 is 0. The molecule has 2 aromatic heterocycles. The van der Waals surface area contributed by atoms with Crippen molar-refractivity contribution >= 4 is 56.9 Å². The lowest BCUT2D eigenvalue weighted by Crippen LogP contribution is -2.29. The molecule has 10 heteroatoms. The number of aromatic amines is 2. The van der Waals surface area contributed by atoms with E-state index in [0.717, 1.165) is 0 Å². The number of carboxylic acid groups (broad SMARTS) is 2. The minimum atomic E-state index is -1.11. The van der Waals surface area contributed by atoms with E-state index < -0.39 is 23.8 Å². The number of nitrogens with one attached hydrogen (secondary N) is 4. The summed E-state index contributed by atoms with van der Waals surface area (Å²) in [5, 5.41) is 24.1. The van der Waals surface area contributed by atoms with Crippen LogP contribution in [0, 0.1) is 0 Å². The van der Waals surface area contributed by atoms with Crippen LogP contribution in [0.3, 0.4) is 0 Å². The van der Waals surface area contributed by atoms with Crippen LogP contribution >= 0.6 is 0 Å². The molecule has 2 amide bonds. The van der Waals surface area contributed by atoms with Crippen molar-refractivity contribution in [2.75, 3.05) is 10.6 Å². The van der Waals surface area contributed by atoms with Crippen molar-refractivity contribution in [3.8, 4) is 0 Å². The number of carbonyl (C=O) groups excluding carboxylic acids is 2. The number of hydrogen-bond acceptors (Lipinski definition) is 4. The van der Waals surface area contributed by atoms with Gasteiger partial charge in [0.15, 0.2) is 0 Å². The zero-order chi connectivity index (χ0) is 21.4. The standard InChI is InChI=1S/C20H14N4O6/c25-17(21-11-1-3-13-9(5-11)7-15(23-13)19(27)28)18(26)22-12-2-4-14-10(6-12)8-16(24-14)20(29)30/h1-8,23-24H,(H,21,25)(H,22,26)(H,27,28)(H,29,30). The van der Waals surface area contributed by atoms with Gasteiger partial charge in [-0.05, 0) is 48.5 Å². The maximum Gasteiger partial charge on any atom is 0.352 e. The largest absolute Gasteiger partial charge is 0.477 e. The van der Waals surface area contributed by atoms with Gasteiger partial charge < -0.3 is 30.8 Å². The van der Waals surface area contributed by atoms with Crippen molar-refractivity contribution in [2.45, 2.75) is 0 Å². The Balaban J connectivity index is 1.47. The van der Waals surface area contributed by atoms with Crippen molar-refractivity contribution in [2.24, 2.45) is 0 Å². The fraction of sp³-hybridized carbons (Fsp3) is 0. The Morgan fingerprint density at radius 2 is 1.03 bits per heavy atom. The van der Waals surface area contributed by atoms with Gasteiger partial charge in [-0.2, -0.15) is 0 Å². The molecule has 0 atom stereocenters. The van der Waals surface area contributed by atoms with Gasteiger partial charge in [0.05, 0.1) is 0 Å². The first-order valence-corrected chi connectivity index (χ1v) is 8.64. The molecular formula is C20H14N4O6. The van der Waals surface area contributed by atoms with Gasteiger partial charge in [0.1, 0.15) is 11.4 Å². The number of benzene rings is 2. The number of amides is 2. The third kappa shape index (κ3) is 3.56. The highest BCUT2D eigenvalue weighted by molar-refractivity contribution is 6.43. The monoisotopic (exact) mass is 406 g/mol. The van der Waals surface area contributed by atoms with Gasteiger partial charge in [-0.15, -0.1) is 0 Å². The second-order valence-corrected chi connectivity index (χ2v) is 6.49. The Hall–Kier alpha value is -4.60. The number of H-pyrrole nitrogens is 2. The molecule has 0 bridgehead atoms. The molecule has 0 fully saturated rings. The second kappa shape index (κ2) is 7.09. The molecule has 10 nitrogen and oxygen atoms in total. The number of anilines is 2. The van der Waals surface area contributed by atoms with Gasteiger partial charge in [0.2, 0.25) is 0 Å². The Bertz CT molecular complexity index is 1250. The lowest BCUT2D eigenvalue weighted by atomic mass is 10.2. The Morgan fingerprint density at radius 1 is 0.633 bits per heavy atom. The minimum Gasteiger partial charge on any atom is -0.477 e. The number of rotatable bonds is 4. The van der Waals surface area contributed by atoms with Gasteiger partial charge in [0, 0.05) is 33.2 Å².